The quantitative estimate of drug-likeness (QED) is 0.375. The molecule has 1 unspecified atom stereocenters. The minimum absolute atomic E-state index is 0. The second kappa shape index (κ2) is 10.2. The smallest absolute Gasteiger partial charge is 0.193 e. The molecule has 0 saturated heterocycles. The van der Waals surface area contributed by atoms with Gasteiger partial charge >= 0.3 is 0 Å². The van der Waals surface area contributed by atoms with Gasteiger partial charge in [0.2, 0.25) is 0 Å². The molecule has 7 heteroatoms. The molecule has 0 radical (unpaired) electrons. The Morgan fingerprint density at radius 2 is 1.90 bits per heavy atom. The van der Waals surface area contributed by atoms with Crippen molar-refractivity contribution in [2.24, 2.45) is 10.7 Å². The van der Waals surface area contributed by atoms with Crippen LogP contribution in [0.5, 0.6) is 11.5 Å². The second-order valence-corrected chi connectivity index (χ2v) is 7.40. The molecule has 2 aromatic carbocycles. The maximum absolute atomic E-state index is 6.12. The van der Waals surface area contributed by atoms with Crippen molar-refractivity contribution in [3.8, 4) is 11.5 Å². The van der Waals surface area contributed by atoms with Gasteiger partial charge in [0.1, 0.15) is 0 Å². The number of anilines is 1. The molecule has 0 saturated carbocycles. The van der Waals surface area contributed by atoms with Crippen LogP contribution in [-0.2, 0) is 13.0 Å². The van der Waals surface area contributed by atoms with Gasteiger partial charge in [0.25, 0.3) is 0 Å². The van der Waals surface area contributed by atoms with Crippen LogP contribution < -0.4 is 20.5 Å². The molecule has 4 rings (SSSR count). The summed E-state index contributed by atoms with van der Waals surface area (Å²) >= 11 is 0. The molecule has 0 fully saturated rings. The van der Waals surface area contributed by atoms with E-state index in [0.29, 0.717) is 31.8 Å². The van der Waals surface area contributed by atoms with E-state index in [1.54, 1.807) is 0 Å². The number of nitrogens with one attached hydrogen (secondary N) is 1. The monoisotopic (exact) mass is 508 g/mol. The fraction of sp³-hybridized carbons (Fsp3) is 0.409. The average Bonchev–Trinajstić information content (AvgIpc) is 2.96. The highest BCUT2D eigenvalue weighted by Gasteiger charge is 2.20. The van der Waals surface area contributed by atoms with Gasteiger partial charge < -0.3 is 20.5 Å². The maximum Gasteiger partial charge on any atom is 0.193 e. The lowest BCUT2D eigenvalue weighted by molar-refractivity contribution is 0.195. The summed E-state index contributed by atoms with van der Waals surface area (Å²) in [7, 11) is 0. The van der Waals surface area contributed by atoms with E-state index in [2.05, 4.69) is 46.4 Å². The molecule has 0 amide bonds. The largest absolute Gasteiger partial charge is 0.490 e. The molecule has 2 aromatic rings. The third kappa shape index (κ3) is 5.54. The van der Waals surface area contributed by atoms with Crippen molar-refractivity contribution in [1.29, 1.82) is 0 Å². The van der Waals surface area contributed by atoms with Crippen LogP contribution in [0.25, 0.3) is 0 Å². The predicted octanol–water partition coefficient (Wildman–Crippen LogP) is 3.64. The number of guanidine groups is 1. The Morgan fingerprint density at radius 3 is 2.72 bits per heavy atom. The van der Waals surface area contributed by atoms with Crippen molar-refractivity contribution in [3.63, 3.8) is 0 Å². The first-order valence-corrected chi connectivity index (χ1v) is 9.96. The normalized spacial score (nSPS) is 17.5. The van der Waals surface area contributed by atoms with Gasteiger partial charge in [0.15, 0.2) is 17.5 Å². The van der Waals surface area contributed by atoms with E-state index in [1.807, 2.05) is 18.2 Å². The Labute approximate surface area is 189 Å². The number of ether oxygens (including phenoxy) is 2. The Morgan fingerprint density at radius 1 is 1.14 bits per heavy atom. The van der Waals surface area contributed by atoms with Crippen LogP contribution in [-0.4, -0.2) is 43.2 Å². The fourth-order valence-electron chi connectivity index (χ4n) is 3.67. The van der Waals surface area contributed by atoms with Crippen LogP contribution in [0.2, 0.25) is 0 Å². The van der Waals surface area contributed by atoms with E-state index in [-0.39, 0.29) is 24.0 Å². The SMILES string of the molecule is CC(CN=C(N)Nc1ccc2c(c1)OCCCO2)N1CCc2ccccc2C1.I. The van der Waals surface area contributed by atoms with E-state index in [9.17, 15) is 0 Å². The summed E-state index contributed by atoms with van der Waals surface area (Å²) in [6.07, 6.45) is 1.98. The van der Waals surface area contributed by atoms with Gasteiger partial charge in [0, 0.05) is 37.3 Å². The van der Waals surface area contributed by atoms with Crippen LogP contribution in [0.1, 0.15) is 24.5 Å². The maximum atomic E-state index is 6.12. The summed E-state index contributed by atoms with van der Waals surface area (Å²) in [5.41, 5.74) is 9.85. The zero-order chi connectivity index (χ0) is 19.3. The predicted molar refractivity (Wildman–Crippen MR) is 128 cm³/mol. The molecule has 0 aliphatic carbocycles. The zero-order valence-electron chi connectivity index (χ0n) is 16.8. The molecule has 156 valence electrons. The zero-order valence-corrected chi connectivity index (χ0v) is 19.1. The van der Waals surface area contributed by atoms with E-state index >= 15 is 0 Å². The Hall–Kier alpha value is -2.00. The second-order valence-electron chi connectivity index (χ2n) is 7.40. The Bertz CT molecular complexity index is 858. The highest BCUT2D eigenvalue weighted by molar-refractivity contribution is 14.0. The molecular weight excluding hydrogens is 479 g/mol. The van der Waals surface area contributed by atoms with Crippen LogP contribution in [0.15, 0.2) is 47.5 Å². The molecule has 2 aliphatic heterocycles. The first-order chi connectivity index (χ1) is 13.7. The standard InChI is InChI=1S/C22H28N4O2.HI/c1-16(26-10-9-17-5-2-3-6-18(17)15-26)14-24-22(23)25-19-7-8-20-21(13-19)28-12-4-11-27-20;/h2-3,5-8,13,16H,4,9-12,14-15H2,1H3,(H3,23,24,25);1H. The Kier molecular flexibility index (Phi) is 7.60. The summed E-state index contributed by atoms with van der Waals surface area (Å²) in [5.74, 6) is 1.94. The van der Waals surface area contributed by atoms with Crippen molar-refractivity contribution in [1.82, 2.24) is 4.90 Å². The third-order valence-corrected chi connectivity index (χ3v) is 5.33. The van der Waals surface area contributed by atoms with Gasteiger partial charge in [-0.3, -0.25) is 9.89 Å². The topological polar surface area (TPSA) is 72.1 Å². The number of aliphatic imine (C=N–C) groups is 1. The molecule has 2 heterocycles. The number of rotatable bonds is 4. The van der Waals surface area contributed by atoms with Gasteiger partial charge in [-0.25, -0.2) is 0 Å². The minimum atomic E-state index is 0. The van der Waals surface area contributed by atoms with Crippen LogP contribution in [0.3, 0.4) is 0 Å². The highest BCUT2D eigenvalue weighted by Crippen LogP contribution is 2.32. The molecule has 6 nitrogen and oxygen atoms in total. The number of nitrogens with two attached hydrogens (primary N) is 1. The van der Waals surface area contributed by atoms with E-state index in [1.165, 1.54) is 11.1 Å². The Balaban J connectivity index is 0.00000240. The van der Waals surface area contributed by atoms with Crippen molar-refractivity contribution >= 4 is 35.6 Å². The van der Waals surface area contributed by atoms with Crippen molar-refractivity contribution in [2.75, 3.05) is 31.6 Å². The first-order valence-electron chi connectivity index (χ1n) is 9.96. The van der Waals surface area contributed by atoms with E-state index < -0.39 is 0 Å². The summed E-state index contributed by atoms with van der Waals surface area (Å²) in [5, 5.41) is 3.16. The van der Waals surface area contributed by atoms with E-state index in [0.717, 1.165) is 43.1 Å². The van der Waals surface area contributed by atoms with Crippen LogP contribution in [0.4, 0.5) is 5.69 Å². The molecule has 0 bridgehead atoms. The summed E-state index contributed by atoms with van der Waals surface area (Å²) in [4.78, 5) is 7.02. The van der Waals surface area contributed by atoms with Crippen molar-refractivity contribution in [2.45, 2.75) is 32.4 Å². The average molecular weight is 508 g/mol. The van der Waals surface area contributed by atoms with E-state index in [4.69, 9.17) is 15.2 Å². The van der Waals surface area contributed by atoms with Gasteiger partial charge in [0.05, 0.1) is 19.8 Å². The molecule has 2 aliphatic rings. The number of nitrogens with zero attached hydrogens (tertiary/aromatic N) is 2. The van der Waals surface area contributed by atoms with Crippen LogP contribution >= 0.6 is 24.0 Å². The van der Waals surface area contributed by atoms with Gasteiger partial charge in [-0.1, -0.05) is 24.3 Å². The number of fused-ring (bicyclic) bond motifs is 2. The summed E-state index contributed by atoms with van der Waals surface area (Å²) in [6, 6.07) is 14.8. The lowest BCUT2D eigenvalue weighted by atomic mass is 9.99. The molecular formula is C22H29IN4O2. The number of hydrogen-bond donors (Lipinski definition) is 2. The lowest BCUT2D eigenvalue weighted by Crippen LogP contribution is -2.39. The molecule has 29 heavy (non-hydrogen) atoms. The molecule has 3 N–H and O–H groups in total. The molecule has 1 atom stereocenters. The van der Waals surface area contributed by atoms with Crippen molar-refractivity contribution < 1.29 is 9.47 Å². The van der Waals surface area contributed by atoms with Crippen LogP contribution in [0, 0.1) is 0 Å². The minimum Gasteiger partial charge on any atom is -0.490 e. The summed E-state index contributed by atoms with van der Waals surface area (Å²) in [6.45, 7) is 6.24. The number of halogens is 1. The lowest BCUT2D eigenvalue weighted by Gasteiger charge is -2.33. The fourth-order valence-corrected chi connectivity index (χ4v) is 3.67. The third-order valence-electron chi connectivity index (χ3n) is 5.33. The number of hydrogen-bond acceptors (Lipinski definition) is 4. The van der Waals surface area contributed by atoms with Gasteiger partial charge in [-0.15, -0.1) is 24.0 Å². The molecule has 0 aromatic heterocycles. The van der Waals surface area contributed by atoms with Crippen molar-refractivity contribution in [3.05, 3.63) is 53.6 Å². The van der Waals surface area contributed by atoms with Gasteiger partial charge in [-0.2, -0.15) is 0 Å². The molecule has 0 spiro atoms. The highest BCUT2D eigenvalue weighted by atomic mass is 127. The number of benzene rings is 2. The first kappa shape index (κ1) is 21.7. The van der Waals surface area contributed by atoms with Gasteiger partial charge in [-0.05, 0) is 36.6 Å². The summed E-state index contributed by atoms with van der Waals surface area (Å²) < 4.78 is 11.4.